The van der Waals surface area contributed by atoms with Gasteiger partial charge in [-0.2, -0.15) is 0 Å². The van der Waals surface area contributed by atoms with Gasteiger partial charge in [0, 0.05) is 0 Å². The molecule has 0 bridgehead atoms. The summed E-state index contributed by atoms with van der Waals surface area (Å²) in [5.74, 6) is 1.42. The van der Waals surface area contributed by atoms with Crippen LogP contribution < -0.4 is 19.7 Å². The van der Waals surface area contributed by atoms with E-state index in [2.05, 4.69) is 12.2 Å². The standard InChI is InChI=1S/C20H24N2O3/c1-4-15-13-22(17-12-14(3)10-11-19(17)25-15)20(23)21-16-8-6-7-9-18(16)24-5-2/h6-12,15H,4-5,13H2,1-3H3,(H,21,23). The second-order valence-electron chi connectivity index (χ2n) is 6.09. The summed E-state index contributed by atoms with van der Waals surface area (Å²) in [5.41, 5.74) is 2.56. The molecule has 3 rings (SSSR count). The summed E-state index contributed by atoms with van der Waals surface area (Å²) in [7, 11) is 0. The average Bonchev–Trinajstić information content (AvgIpc) is 2.62. The summed E-state index contributed by atoms with van der Waals surface area (Å²) in [6.45, 7) is 7.06. The molecule has 2 aromatic carbocycles. The Hall–Kier alpha value is -2.69. The second kappa shape index (κ2) is 7.47. The number of carbonyl (C=O) groups excluding carboxylic acids is 1. The fraction of sp³-hybridized carbons (Fsp3) is 0.350. The van der Waals surface area contributed by atoms with Gasteiger partial charge in [-0.25, -0.2) is 4.79 Å². The van der Waals surface area contributed by atoms with Crippen LogP contribution in [0.25, 0.3) is 0 Å². The minimum Gasteiger partial charge on any atom is -0.492 e. The molecule has 25 heavy (non-hydrogen) atoms. The van der Waals surface area contributed by atoms with Gasteiger partial charge < -0.3 is 14.8 Å². The largest absolute Gasteiger partial charge is 0.492 e. The van der Waals surface area contributed by atoms with Crippen LogP contribution in [0.1, 0.15) is 25.8 Å². The van der Waals surface area contributed by atoms with E-state index in [4.69, 9.17) is 9.47 Å². The molecule has 0 aromatic heterocycles. The van der Waals surface area contributed by atoms with Crippen molar-refractivity contribution in [2.75, 3.05) is 23.4 Å². The highest BCUT2D eigenvalue weighted by Crippen LogP contribution is 2.35. The zero-order chi connectivity index (χ0) is 17.8. The summed E-state index contributed by atoms with van der Waals surface area (Å²) >= 11 is 0. The molecule has 1 unspecified atom stereocenters. The topological polar surface area (TPSA) is 50.8 Å². The Bertz CT molecular complexity index is 760. The zero-order valence-electron chi connectivity index (χ0n) is 14.9. The van der Waals surface area contributed by atoms with Gasteiger partial charge in [0.05, 0.1) is 24.5 Å². The first-order chi connectivity index (χ1) is 12.1. The number of ether oxygens (including phenoxy) is 2. The highest BCUT2D eigenvalue weighted by molar-refractivity contribution is 6.03. The first kappa shape index (κ1) is 17.1. The molecule has 1 N–H and O–H groups in total. The number of fused-ring (bicyclic) bond motifs is 1. The van der Waals surface area contributed by atoms with Crippen molar-refractivity contribution >= 4 is 17.4 Å². The normalized spacial score (nSPS) is 16.0. The van der Waals surface area contributed by atoms with E-state index >= 15 is 0 Å². The number of urea groups is 1. The third-order valence-electron chi connectivity index (χ3n) is 4.21. The Morgan fingerprint density at radius 1 is 1.28 bits per heavy atom. The van der Waals surface area contributed by atoms with Crippen molar-refractivity contribution in [2.45, 2.75) is 33.3 Å². The van der Waals surface area contributed by atoms with Crippen molar-refractivity contribution in [1.82, 2.24) is 0 Å². The van der Waals surface area contributed by atoms with Gasteiger partial charge in [-0.3, -0.25) is 4.90 Å². The Labute approximate surface area is 148 Å². The van der Waals surface area contributed by atoms with Gasteiger partial charge in [-0.15, -0.1) is 0 Å². The lowest BCUT2D eigenvalue weighted by atomic mass is 10.1. The number of para-hydroxylation sites is 2. The smallest absolute Gasteiger partial charge is 0.326 e. The van der Waals surface area contributed by atoms with Crippen LogP contribution in [0.5, 0.6) is 11.5 Å². The number of carbonyl (C=O) groups is 1. The predicted molar refractivity (Wildman–Crippen MR) is 99.9 cm³/mol. The predicted octanol–water partition coefficient (Wildman–Crippen LogP) is 4.60. The molecule has 1 aliphatic heterocycles. The number of anilines is 2. The number of hydrogen-bond donors (Lipinski definition) is 1. The van der Waals surface area contributed by atoms with Gasteiger partial charge in [0.25, 0.3) is 0 Å². The molecular weight excluding hydrogens is 316 g/mol. The van der Waals surface area contributed by atoms with E-state index in [9.17, 15) is 4.79 Å². The second-order valence-corrected chi connectivity index (χ2v) is 6.09. The molecule has 0 saturated heterocycles. The summed E-state index contributed by atoms with van der Waals surface area (Å²) in [4.78, 5) is 14.7. The highest BCUT2D eigenvalue weighted by atomic mass is 16.5. The highest BCUT2D eigenvalue weighted by Gasteiger charge is 2.29. The average molecular weight is 340 g/mol. The summed E-state index contributed by atoms with van der Waals surface area (Å²) in [6.07, 6.45) is 0.829. The first-order valence-corrected chi connectivity index (χ1v) is 8.70. The van der Waals surface area contributed by atoms with E-state index in [1.54, 1.807) is 4.90 Å². The number of amides is 2. The molecule has 1 aliphatic rings. The Kier molecular flexibility index (Phi) is 5.12. The number of nitrogens with zero attached hydrogens (tertiary/aromatic N) is 1. The third-order valence-corrected chi connectivity index (χ3v) is 4.21. The lowest BCUT2D eigenvalue weighted by molar-refractivity contribution is 0.188. The van der Waals surface area contributed by atoms with Gasteiger partial charge in [-0.05, 0) is 50.1 Å². The molecule has 2 amide bonds. The van der Waals surface area contributed by atoms with Crippen LogP contribution in [-0.2, 0) is 0 Å². The van der Waals surface area contributed by atoms with Gasteiger partial charge >= 0.3 is 6.03 Å². The summed E-state index contributed by atoms with van der Waals surface area (Å²) in [6, 6.07) is 13.2. The molecular formula is C20H24N2O3. The van der Waals surface area contributed by atoms with Crippen LogP contribution in [0.4, 0.5) is 16.2 Å². The molecule has 5 heteroatoms. The monoisotopic (exact) mass is 340 g/mol. The summed E-state index contributed by atoms with van der Waals surface area (Å²) in [5, 5.41) is 2.98. The maximum Gasteiger partial charge on any atom is 0.326 e. The van der Waals surface area contributed by atoms with Crippen molar-refractivity contribution in [2.24, 2.45) is 0 Å². The SMILES string of the molecule is CCOc1ccccc1NC(=O)N1CC(CC)Oc2ccc(C)cc21. The van der Waals surface area contributed by atoms with E-state index < -0.39 is 0 Å². The Morgan fingerprint density at radius 3 is 2.84 bits per heavy atom. The molecule has 2 aromatic rings. The Balaban J connectivity index is 1.88. The van der Waals surface area contributed by atoms with Gasteiger partial charge in [0.2, 0.25) is 0 Å². The molecule has 0 radical (unpaired) electrons. The molecule has 0 fully saturated rings. The van der Waals surface area contributed by atoms with E-state index in [0.29, 0.717) is 24.6 Å². The number of rotatable bonds is 4. The van der Waals surface area contributed by atoms with E-state index in [1.165, 1.54) is 0 Å². The van der Waals surface area contributed by atoms with Crippen molar-refractivity contribution in [3.05, 3.63) is 48.0 Å². The van der Waals surface area contributed by atoms with Gasteiger partial charge in [-0.1, -0.05) is 25.1 Å². The summed E-state index contributed by atoms with van der Waals surface area (Å²) < 4.78 is 11.6. The van der Waals surface area contributed by atoms with Crippen LogP contribution in [-0.4, -0.2) is 25.3 Å². The van der Waals surface area contributed by atoms with Crippen LogP contribution >= 0.6 is 0 Å². The number of nitrogens with one attached hydrogen (secondary N) is 1. The Morgan fingerprint density at radius 2 is 2.08 bits per heavy atom. The number of benzene rings is 2. The molecule has 0 aliphatic carbocycles. The van der Waals surface area contributed by atoms with Crippen molar-refractivity contribution in [3.8, 4) is 11.5 Å². The van der Waals surface area contributed by atoms with Crippen LogP contribution in [0, 0.1) is 6.92 Å². The first-order valence-electron chi connectivity index (χ1n) is 8.70. The number of hydrogen-bond acceptors (Lipinski definition) is 3. The lowest BCUT2D eigenvalue weighted by Crippen LogP contribution is -2.45. The lowest BCUT2D eigenvalue weighted by Gasteiger charge is -2.34. The number of aryl methyl sites for hydroxylation is 1. The minimum absolute atomic E-state index is 0.0110. The van der Waals surface area contributed by atoms with E-state index in [1.807, 2.05) is 56.3 Å². The third kappa shape index (κ3) is 3.71. The van der Waals surface area contributed by atoms with Crippen LogP contribution in [0.3, 0.4) is 0 Å². The van der Waals surface area contributed by atoms with Crippen LogP contribution in [0.15, 0.2) is 42.5 Å². The van der Waals surface area contributed by atoms with E-state index in [0.717, 1.165) is 23.4 Å². The van der Waals surface area contributed by atoms with Gasteiger partial charge in [0.15, 0.2) is 0 Å². The zero-order valence-corrected chi connectivity index (χ0v) is 14.9. The van der Waals surface area contributed by atoms with E-state index in [-0.39, 0.29) is 12.1 Å². The van der Waals surface area contributed by atoms with Crippen LogP contribution in [0.2, 0.25) is 0 Å². The van der Waals surface area contributed by atoms with Gasteiger partial charge in [0.1, 0.15) is 17.6 Å². The molecule has 0 saturated carbocycles. The molecule has 5 nitrogen and oxygen atoms in total. The molecule has 1 heterocycles. The molecule has 0 spiro atoms. The van der Waals surface area contributed by atoms with Crippen molar-refractivity contribution in [3.63, 3.8) is 0 Å². The minimum atomic E-state index is -0.180. The fourth-order valence-corrected chi connectivity index (χ4v) is 2.90. The fourth-order valence-electron chi connectivity index (χ4n) is 2.90. The van der Waals surface area contributed by atoms with Crippen molar-refractivity contribution < 1.29 is 14.3 Å². The maximum atomic E-state index is 13.0. The molecule has 132 valence electrons. The molecule has 1 atom stereocenters. The maximum absolute atomic E-state index is 13.0. The van der Waals surface area contributed by atoms with Crippen molar-refractivity contribution in [1.29, 1.82) is 0 Å². The quantitative estimate of drug-likeness (QED) is 0.885.